The summed E-state index contributed by atoms with van der Waals surface area (Å²) in [4.78, 5) is 16.8. The maximum atomic E-state index is 12.8. The Bertz CT molecular complexity index is 1290. The van der Waals surface area contributed by atoms with Crippen LogP contribution in [0.15, 0.2) is 82.0 Å². The maximum absolute atomic E-state index is 12.8. The van der Waals surface area contributed by atoms with Gasteiger partial charge in [-0.1, -0.05) is 6.07 Å². The Kier molecular flexibility index (Phi) is 8.84. The molecule has 0 bridgehead atoms. The topological polar surface area (TPSA) is 130 Å². The van der Waals surface area contributed by atoms with Crippen LogP contribution in [0, 0.1) is 0 Å². The van der Waals surface area contributed by atoms with Crippen molar-refractivity contribution in [3.8, 4) is 5.75 Å². The first-order chi connectivity index (χ1) is 16.7. The SMILES string of the molecule is C[CH2][Sn]([CH2]C)([CH2]C)[O]C(=O)c1cc(N=Nc2ccc(S(=O)(=O)Nc3ccccn3)cc2)ccc1O. The van der Waals surface area contributed by atoms with Gasteiger partial charge in [-0.25, -0.2) is 13.4 Å². The van der Waals surface area contributed by atoms with Crippen molar-refractivity contribution >= 4 is 52.0 Å². The van der Waals surface area contributed by atoms with Crippen LogP contribution in [0.3, 0.4) is 0 Å². The first-order valence-corrected chi connectivity index (χ1v) is 19.9. The zero-order chi connectivity index (χ0) is 25.5. The van der Waals surface area contributed by atoms with Gasteiger partial charge in [-0.05, 0) is 12.1 Å². The molecule has 11 heteroatoms. The van der Waals surface area contributed by atoms with Gasteiger partial charge in [-0.3, -0.25) is 4.72 Å². The third-order valence-corrected chi connectivity index (χ3v) is 19.9. The summed E-state index contributed by atoms with van der Waals surface area (Å²) in [5, 5.41) is 18.4. The Hall–Kier alpha value is -2.99. The van der Waals surface area contributed by atoms with Crippen molar-refractivity contribution in [2.45, 2.75) is 39.0 Å². The van der Waals surface area contributed by atoms with Gasteiger partial charge in [-0.2, -0.15) is 0 Å². The molecule has 0 fully saturated rings. The van der Waals surface area contributed by atoms with E-state index in [-0.39, 0.29) is 22.0 Å². The number of hydrogen-bond acceptors (Lipinski definition) is 8. The number of phenolic OH excluding ortho intramolecular Hbond substituents is 1. The number of benzene rings is 2. The van der Waals surface area contributed by atoms with Crippen LogP contribution in [0.5, 0.6) is 5.75 Å². The minimum atomic E-state index is -3.80. The molecule has 0 saturated heterocycles. The predicted molar refractivity (Wildman–Crippen MR) is 136 cm³/mol. The molecule has 2 N–H and O–H groups in total. The molecule has 1 heterocycles. The van der Waals surface area contributed by atoms with E-state index in [1.807, 2.05) is 20.8 Å². The number of rotatable bonds is 10. The zero-order valence-electron chi connectivity index (χ0n) is 19.8. The number of pyridine rings is 1. The van der Waals surface area contributed by atoms with Crippen molar-refractivity contribution in [2.24, 2.45) is 10.2 Å². The molecule has 0 unspecified atom stereocenters. The van der Waals surface area contributed by atoms with Crippen LogP contribution in [0.25, 0.3) is 0 Å². The summed E-state index contributed by atoms with van der Waals surface area (Å²) in [5.74, 6) is -0.487. The van der Waals surface area contributed by atoms with E-state index in [9.17, 15) is 18.3 Å². The molecule has 0 atom stereocenters. The molecule has 9 nitrogen and oxygen atoms in total. The second-order valence-electron chi connectivity index (χ2n) is 7.85. The van der Waals surface area contributed by atoms with E-state index in [0.717, 1.165) is 13.3 Å². The van der Waals surface area contributed by atoms with Gasteiger partial charge in [0.15, 0.2) is 0 Å². The number of phenols is 1. The minimum absolute atomic E-state index is 0.0503. The van der Waals surface area contributed by atoms with E-state index in [1.165, 1.54) is 48.7 Å². The third kappa shape index (κ3) is 6.79. The molecular weight excluding hydrogens is 575 g/mol. The number of anilines is 1. The summed E-state index contributed by atoms with van der Waals surface area (Å²) < 4.78 is 36.0. The van der Waals surface area contributed by atoms with Crippen molar-refractivity contribution in [1.82, 2.24) is 4.98 Å². The molecule has 0 radical (unpaired) electrons. The molecule has 184 valence electrons. The van der Waals surface area contributed by atoms with Crippen LogP contribution in [0.4, 0.5) is 17.2 Å². The summed E-state index contributed by atoms with van der Waals surface area (Å²) >= 11 is -3.02. The van der Waals surface area contributed by atoms with Crippen molar-refractivity contribution in [2.75, 3.05) is 4.72 Å². The Labute approximate surface area is 209 Å². The summed E-state index contributed by atoms with van der Waals surface area (Å²) in [6, 6.07) is 15.1. The second-order valence-corrected chi connectivity index (χ2v) is 22.9. The number of nitrogens with zero attached hydrogens (tertiary/aromatic N) is 3. The summed E-state index contributed by atoms with van der Waals surface area (Å²) in [6.07, 6.45) is 1.49. The predicted octanol–water partition coefficient (Wildman–Crippen LogP) is 6.17. The van der Waals surface area contributed by atoms with E-state index in [4.69, 9.17) is 3.07 Å². The fourth-order valence-electron chi connectivity index (χ4n) is 3.40. The van der Waals surface area contributed by atoms with Crippen LogP contribution >= 0.6 is 0 Å². The van der Waals surface area contributed by atoms with Crippen LogP contribution < -0.4 is 4.72 Å². The first kappa shape index (κ1) is 26.6. The number of carbonyl (C=O) groups excluding carboxylic acids is 1. The monoisotopic (exact) mass is 604 g/mol. The standard InChI is InChI=1S/C18H14N4O5S.3C2H5.Sn/c23-16-9-6-13(11-15(16)18(24)25)21-20-12-4-7-14(8-5-12)28(26,27)22-17-3-1-2-10-19-17;3*1-2;/h1-11,23H,(H,19,22)(H,24,25);3*1H2,2H3;/q;;;;+1/p-1. The fraction of sp³-hybridized carbons (Fsp3) is 0.250. The van der Waals surface area contributed by atoms with Gasteiger partial charge in [0.1, 0.15) is 5.82 Å². The van der Waals surface area contributed by atoms with Crippen LogP contribution in [-0.2, 0) is 13.1 Å². The molecule has 3 rings (SSSR count). The van der Waals surface area contributed by atoms with Gasteiger partial charge in [0.25, 0.3) is 0 Å². The van der Waals surface area contributed by atoms with Crippen molar-refractivity contribution < 1.29 is 21.4 Å². The van der Waals surface area contributed by atoms with E-state index >= 15 is 0 Å². The Balaban J connectivity index is 1.75. The average Bonchev–Trinajstić information content (AvgIpc) is 2.87. The number of carbonyl (C=O) groups is 1. The number of aromatic nitrogens is 1. The number of sulfonamides is 1. The molecule has 0 aliphatic carbocycles. The van der Waals surface area contributed by atoms with Crippen molar-refractivity contribution in [3.63, 3.8) is 0 Å². The molecule has 3 aromatic rings. The Morgan fingerprint density at radius 3 is 2.20 bits per heavy atom. The molecule has 2 aromatic carbocycles. The molecule has 0 aliphatic rings. The average molecular weight is 603 g/mol. The van der Waals surface area contributed by atoms with Crippen molar-refractivity contribution in [3.05, 3.63) is 72.4 Å². The molecule has 0 amide bonds. The Morgan fingerprint density at radius 2 is 1.60 bits per heavy atom. The normalized spacial score (nSPS) is 12.0. The van der Waals surface area contributed by atoms with Gasteiger partial charge < -0.3 is 0 Å². The van der Waals surface area contributed by atoms with E-state index in [1.54, 1.807) is 18.2 Å². The molecule has 0 spiro atoms. The number of nitrogens with one attached hydrogen (secondary N) is 1. The van der Waals surface area contributed by atoms with Crippen LogP contribution in [0.2, 0.25) is 13.3 Å². The molecule has 0 saturated carbocycles. The van der Waals surface area contributed by atoms with E-state index in [2.05, 4.69) is 19.9 Å². The summed E-state index contributed by atoms with van der Waals surface area (Å²) in [5.41, 5.74) is 0.825. The van der Waals surface area contributed by atoms with Crippen LogP contribution in [0.1, 0.15) is 31.1 Å². The molecule has 35 heavy (non-hydrogen) atoms. The molecule has 0 aliphatic heterocycles. The summed E-state index contributed by atoms with van der Waals surface area (Å²) in [6.45, 7) is 6.14. The number of azo groups is 1. The van der Waals surface area contributed by atoms with Gasteiger partial charge in [0.2, 0.25) is 0 Å². The van der Waals surface area contributed by atoms with Gasteiger partial charge in [0.05, 0.1) is 0 Å². The fourth-order valence-corrected chi connectivity index (χ4v) is 11.4. The molecular formula is C24H28N4O5SSn. The molecule has 1 aromatic heterocycles. The number of hydrogen-bond donors (Lipinski definition) is 2. The van der Waals surface area contributed by atoms with Gasteiger partial charge >= 0.3 is 162 Å². The quantitative estimate of drug-likeness (QED) is 0.211. The van der Waals surface area contributed by atoms with Crippen LogP contribution in [-0.4, -0.2) is 43.3 Å². The summed E-state index contributed by atoms with van der Waals surface area (Å²) in [7, 11) is -3.80. The third-order valence-electron chi connectivity index (χ3n) is 5.77. The van der Waals surface area contributed by atoms with E-state index in [0.29, 0.717) is 11.4 Å². The first-order valence-electron chi connectivity index (χ1n) is 11.2. The van der Waals surface area contributed by atoms with E-state index < -0.39 is 34.8 Å². The van der Waals surface area contributed by atoms with Gasteiger partial charge in [0, 0.05) is 6.20 Å². The second kappa shape index (κ2) is 11.6. The number of aromatic hydroxyl groups is 1. The van der Waals surface area contributed by atoms with Gasteiger partial charge in [-0.15, -0.1) is 0 Å². The Morgan fingerprint density at radius 1 is 0.971 bits per heavy atom. The zero-order valence-corrected chi connectivity index (χ0v) is 23.5. The van der Waals surface area contributed by atoms with Crippen molar-refractivity contribution in [1.29, 1.82) is 0 Å².